The predicted octanol–water partition coefficient (Wildman–Crippen LogP) is 4.61. The molecule has 4 rings (SSSR count). The first-order chi connectivity index (χ1) is 16.9. The molecule has 0 unspecified atom stereocenters. The summed E-state index contributed by atoms with van der Waals surface area (Å²) in [7, 11) is 1.75. The number of carbonyl (C=O) groups excluding carboxylic acids is 2. The van der Waals surface area contributed by atoms with E-state index in [0.717, 1.165) is 11.8 Å². The summed E-state index contributed by atoms with van der Waals surface area (Å²) in [4.78, 5) is 39.0. The summed E-state index contributed by atoms with van der Waals surface area (Å²) in [5.74, 6) is -1.43. The molecule has 0 radical (unpaired) electrons. The van der Waals surface area contributed by atoms with Crippen molar-refractivity contribution in [3.63, 3.8) is 0 Å². The predicted molar refractivity (Wildman–Crippen MR) is 136 cm³/mol. The minimum absolute atomic E-state index is 0.0247. The van der Waals surface area contributed by atoms with Gasteiger partial charge in [-0.25, -0.2) is 9.07 Å². The lowest BCUT2D eigenvalue weighted by molar-refractivity contribution is -0.113. The maximum Gasteiger partial charge on any atom is 0.295 e. The number of benzene rings is 3. The molecule has 9 heteroatoms. The molecule has 7 nitrogen and oxygen atoms in total. The number of rotatable bonds is 7. The molecule has 4 aromatic rings. The lowest BCUT2D eigenvalue weighted by atomic mass is 10.2. The zero-order valence-corrected chi connectivity index (χ0v) is 19.9. The highest BCUT2D eigenvalue weighted by Gasteiger charge is 2.19. The van der Waals surface area contributed by atoms with Crippen LogP contribution < -0.4 is 16.2 Å². The molecule has 0 aliphatic carbocycles. The van der Waals surface area contributed by atoms with Gasteiger partial charge < -0.3 is 10.6 Å². The van der Waals surface area contributed by atoms with Gasteiger partial charge in [0.05, 0.1) is 28.4 Å². The van der Waals surface area contributed by atoms with Crippen LogP contribution in [0.5, 0.6) is 0 Å². The number of para-hydroxylation sites is 2. The van der Waals surface area contributed by atoms with E-state index in [1.54, 1.807) is 49.0 Å². The van der Waals surface area contributed by atoms with E-state index in [2.05, 4.69) is 10.6 Å². The maximum absolute atomic E-state index is 13.9. The smallest absolute Gasteiger partial charge is 0.295 e. The van der Waals surface area contributed by atoms with Crippen LogP contribution in [0.2, 0.25) is 0 Å². The molecule has 1 aromatic heterocycles. The van der Waals surface area contributed by atoms with Gasteiger partial charge in [-0.2, -0.15) is 0 Å². The average Bonchev–Trinajstić information content (AvgIpc) is 3.07. The number of nitrogens with one attached hydrogen (secondary N) is 2. The first kappa shape index (κ1) is 24.0. The number of amides is 2. The fourth-order valence-corrected chi connectivity index (χ4v) is 4.41. The number of hydrogen-bond acceptors (Lipinski definition) is 4. The number of halogens is 1. The van der Waals surface area contributed by atoms with Gasteiger partial charge in [-0.1, -0.05) is 42.5 Å². The van der Waals surface area contributed by atoms with Crippen molar-refractivity contribution in [3.8, 4) is 5.69 Å². The molecule has 0 bridgehead atoms. The van der Waals surface area contributed by atoms with Gasteiger partial charge in [0.2, 0.25) is 5.91 Å². The number of carbonyl (C=O) groups is 2. The van der Waals surface area contributed by atoms with Gasteiger partial charge in [0, 0.05) is 11.9 Å². The second kappa shape index (κ2) is 10.4. The highest BCUT2D eigenvalue weighted by Crippen LogP contribution is 2.25. The summed E-state index contributed by atoms with van der Waals surface area (Å²) >= 11 is 1.15. The standard InChI is InChI=1S/C26H23FN4O3S/c1-17-24(26(34)31(30(17)2)18-10-4-3-5-11-18)29-23(32)16-35-22-15-9-6-12-19(22)25(33)28-21-14-8-7-13-20(21)27/h3-15H,16H2,1-2H3,(H,28,33)(H,29,32). The number of anilines is 2. The van der Waals surface area contributed by atoms with Crippen molar-refractivity contribution >= 4 is 35.0 Å². The molecule has 0 fully saturated rings. The second-order valence-corrected chi connectivity index (χ2v) is 8.72. The Morgan fingerprint density at radius 3 is 2.31 bits per heavy atom. The molecule has 35 heavy (non-hydrogen) atoms. The molecule has 0 atom stereocenters. The minimum Gasteiger partial charge on any atom is -0.319 e. The summed E-state index contributed by atoms with van der Waals surface area (Å²) in [6.07, 6.45) is 0. The SMILES string of the molecule is Cc1c(NC(=O)CSc2ccccc2C(=O)Nc2ccccc2F)c(=O)n(-c2ccccc2)n1C. The Morgan fingerprint density at radius 1 is 0.914 bits per heavy atom. The van der Waals surface area contributed by atoms with Gasteiger partial charge in [-0.3, -0.25) is 19.1 Å². The van der Waals surface area contributed by atoms with Gasteiger partial charge in [0.25, 0.3) is 11.5 Å². The number of thioether (sulfide) groups is 1. The molecule has 2 N–H and O–H groups in total. The van der Waals surface area contributed by atoms with Crippen LogP contribution in [-0.4, -0.2) is 26.9 Å². The van der Waals surface area contributed by atoms with E-state index in [-0.39, 0.29) is 28.6 Å². The van der Waals surface area contributed by atoms with Gasteiger partial charge in [-0.05, 0) is 43.3 Å². The lowest BCUT2D eigenvalue weighted by Crippen LogP contribution is -2.23. The third-order valence-corrected chi connectivity index (χ3v) is 6.50. The first-order valence-electron chi connectivity index (χ1n) is 10.8. The van der Waals surface area contributed by atoms with Gasteiger partial charge >= 0.3 is 0 Å². The quantitative estimate of drug-likeness (QED) is 0.371. The molecular formula is C26H23FN4O3S. The average molecular weight is 491 g/mol. The van der Waals surface area contributed by atoms with Crippen LogP contribution in [0, 0.1) is 12.7 Å². The van der Waals surface area contributed by atoms with Crippen molar-refractivity contribution in [3.05, 3.63) is 106 Å². The van der Waals surface area contributed by atoms with E-state index in [0.29, 0.717) is 21.8 Å². The van der Waals surface area contributed by atoms with E-state index in [1.165, 1.54) is 22.9 Å². The summed E-state index contributed by atoms with van der Waals surface area (Å²) in [5.41, 5.74) is 1.56. The molecule has 0 saturated carbocycles. The molecule has 0 saturated heterocycles. The van der Waals surface area contributed by atoms with Crippen molar-refractivity contribution in [1.82, 2.24) is 9.36 Å². The van der Waals surface area contributed by atoms with Gasteiger partial charge in [-0.15, -0.1) is 11.8 Å². The van der Waals surface area contributed by atoms with Gasteiger partial charge in [0.15, 0.2) is 0 Å². The zero-order valence-electron chi connectivity index (χ0n) is 19.1. The highest BCUT2D eigenvalue weighted by molar-refractivity contribution is 8.00. The van der Waals surface area contributed by atoms with Crippen molar-refractivity contribution < 1.29 is 14.0 Å². The Morgan fingerprint density at radius 2 is 1.57 bits per heavy atom. The zero-order chi connectivity index (χ0) is 24.9. The van der Waals surface area contributed by atoms with E-state index >= 15 is 0 Å². The van der Waals surface area contributed by atoms with Crippen LogP contribution in [0.1, 0.15) is 16.1 Å². The Kier molecular flexibility index (Phi) is 7.17. The number of hydrogen-bond donors (Lipinski definition) is 2. The maximum atomic E-state index is 13.9. The number of aromatic nitrogens is 2. The minimum atomic E-state index is -0.537. The normalized spacial score (nSPS) is 10.7. The molecule has 2 amide bonds. The van der Waals surface area contributed by atoms with Crippen LogP contribution >= 0.6 is 11.8 Å². The Hall–Kier alpha value is -4.11. The van der Waals surface area contributed by atoms with Crippen LogP contribution in [-0.2, 0) is 11.8 Å². The molecule has 178 valence electrons. The molecule has 1 heterocycles. The van der Waals surface area contributed by atoms with E-state index in [1.807, 2.05) is 30.3 Å². The molecular weight excluding hydrogens is 467 g/mol. The summed E-state index contributed by atoms with van der Waals surface area (Å²) in [6, 6.07) is 21.8. The topological polar surface area (TPSA) is 85.1 Å². The van der Waals surface area contributed by atoms with Gasteiger partial charge in [0.1, 0.15) is 11.5 Å². The van der Waals surface area contributed by atoms with Crippen LogP contribution in [0.4, 0.5) is 15.8 Å². The Labute approximate surface area is 205 Å². The Balaban J connectivity index is 1.47. The first-order valence-corrected chi connectivity index (χ1v) is 11.8. The molecule has 0 aliphatic heterocycles. The van der Waals surface area contributed by atoms with E-state index in [9.17, 15) is 18.8 Å². The van der Waals surface area contributed by atoms with E-state index in [4.69, 9.17) is 0 Å². The highest BCUT2D eigenvalue weighted by atomic mass is 32.2. The van der Waals surface area contributed by atoms with Crippen molar-refractivity contribution in [2.75, 3.05) is 16.4 Å². The largest absolute Gasteiger partial charge is 0.319 e. The summed E-state index contributed by atoms with van der Waals surface area (Å²) < 4.78 is 17.1. The van der Waals surface area contributed by atoms with Crippen LogP contribution in [0.25, 0.3) is 5.69 Å². The van der Waals surface area contributed by atoms with Crippen LogP contribution in [0.15, 0.2) is 88.6 Å². The van der Waals surface area contributed by atoms with Crippen molar-refractivity contribution in [2.45, 2.75) is 11.8 Å². The van der Waals surface area contributed by atoms with E-state index < -0.39 is 11.7 Å². The monoisotopic (exact) mass is 490 g/mol. The third kappa shape index (κ3) is 5.20. The number of nitrogens with zero attached hydrogens (tertiary/aromatic N) is 2. The molecule has 0 spiro atoms. The lowest BCUT2D eigenvalue weighted by Gasteiger charge is -2.10. The van der Waals surface area contributed by atoms with Crippen molar-refractivity contribution in [2.24, 2.45) is 7.05 Å². The molecule has 3 aromatic carbocycles. The second-order valence-electron chi connectivity index (χ2n) is 7.70. The molecule has 0 aliphatic rings. The third-order valence-electron chi connectivity index (χ3n) is 5.43. The fourth-order valence-electron chi connectivity index (χ4n) is 3.56. The summed E-state index contributed by atoms with van der Waals surface area (Å²) in [6.45, 7) is 1.76. The van der Waals surface area contributed by atoms with Crippen molar-refractivity contribution in [1.29, 1.82) is 0 Å². The summed E-state index contributed by atoms with van der Waals surface area (Å²) in [5, 5.41) is 5.27. The fraction of sp³-hybridized carbons (Fsp3) is 0.115. The Bertz CT molecular complexity index is 1450. The van der Waals surface area contributed by atoms with Crippen LogP contribution in [0.3, 0.4) is 0 Å².